The summed E-state index contributed by atoms with van der Waals surface area (Å²) in [5, 5.41) is 5.68. The van der Waals surface area contributed by atoms with Gasteiger partial charge in [-0.3, -0.25) is 4.79 Å². The number of aryl methyl sites for hydroxylation is 2. The van der Waals surface area contributed by atoms with Gasteiger partial charge in [0, 0.05) is 5.69 Å². The molecule has 0 aliphatic heterocycles. The van der Waals surface area contributed by atoms with Crippen LogP contribution in [0.3, 0.4) is 0 Å². The van der Waals surface area contributed by atoms with Crippen molar-refractivity contribution in [1.29, 1.82) is 0 Å². The number of benzene rings is 1. The molecule has 1 amide bonds. The van der Waals surface area contributed by atoms with Gasteiger partial charge in [-0.05, 0) is 49.2 Å². The predicted octanol–water partition coefficient (Wildman–Crippen LogP) is 1.94. The van der Waals surface area contributed by atoms with E-state index in [-0.39, 0.29) is 18.4 Å². The lowest BCUT2D eigenvalue weighted by Gasteiger charge is -2.08. The van der Waals surface area contributed by atoms with Gasteiger partial charge in [0.15, 0.2) is 5.96 Å². The molecule has 4 N–H and O–H groups in total. The van der Waals surface area contributed by atoms with Gasteiger partial charge < -0.3 is 20.8 Å². The Kier molecular flexibility index (Phi) is 5.19. The normalized spacial score (nSPS) is 11.3. The molecule has 0 unspecified atom stereocenters. The number of carbonyl (C=O) groups is 1. The smallest absolute Gasteiger partial charge is 0.242 e. The minimum Gasteiger partial charge on any atom is -0.467 e. The van der Waals surface area contributed by atoms with Crippen LogP contribution in [0.25, 0.3) is 0 Å². The summed E-state index contributed by atoms with van der Waals surface area (Å²) in [6.45, 7) is 4.32. The van der Waals surface area contributed by atoms with Gasteiger partial charge in [-0.2, -0.15) is 0 Å². The lowest BCUT2D eigenvalue weighted by atomic mass is 10.1. The summed E-state index contributed by atoms with van der Waals surface area (Å²) in [6.07, 6.45) is 1.56. The molecule has 1 heterocycles. The highest BCUT2D eigenvalue weighted by Gasteiger charge is 2.03. The van der Waals surface area contributed by atoms with Crippen molar-refractivity contribution in [3.63, 3.8) is 0 Å². The van der Waals surface area contributed by atoms with Crippen molar-refractivity contribution in [2.24, 2.45) is 10.7 Å². The molecule has 0 saturated heterocycles. The van der Waals surface area contributed by atoms with Gasteiger partial charge in [-0.25, -0.2) is 4.99 Å². The quantitative estimate of drug-likeness (QED) is 0.581. The molecule has 1 aromatic heterocycles. The summed E-state index contributed by atoms with van der Waals surface area (Å²) in [7, 11) is 0. The molecule has 116 valence electrons. The number of nitrogens with zero attached hydrogens (tertiary/aromatic N) is 1. The van der Waals surface area contributed by atoms with Crippen LogP contribution in [-0.4, -0.2) is 18.4 Å². The van der Waals surface area contributed by atoms with Gasteiger partial charge in [0.1, 0.15) is 12.3 Å². The van der Waals surface area contributed by atoms with Gasteiger partial charge >= 0.3 is 0 Å². The molecule has 6 heteroatoms. The van der Waals surface area contributed by atoms with E-state index in [9.17, 15) is 4.79 Å². The first kappa shape index (κ1) is 15.6. The van der Waals surface area contributed by atoms with E-state index in [2.05, 4.69) is 21.7 Å². The fourth-order valence-corrected chi connectivity index (χ4v) is 2.05. The standard InChI is InChI=1S/C16H20N4O2/c1-11-6-12(2)8-13(7-11)20-16(17)19-10-15(21)18-9-14-4-3-5-22-14/h3-8H,9-10H2,1-2H3,(H,18,21)(H3,17,19,20). The largest absolute Gasteiger partial charge is 0.467 e. The molecule has 0 radical (unpaired) electrons. The predicted molar refractivity (Wildman–Crippen MR) is 86.6 cm³/mol. The minimum absolute atomic E-state index is 0.0374. The van der Waals surface area contributed by atoms with Crippen LogP contribution >= 0.6 is 0 Å². The zero-order valence-corrected chi connectivity index (χ0v) is 12.7. The van der Waals surface area contributed by atoms with Gasteiger partial charge in [-0.1, -0.05) is 6.07 Å². The number of aliphatic imine (C=N–C) groups is 1. The number of nitrogens with two attached hydrogens (primary N) is 1. The molecule has 2 aromatic rings. The lowest BCUT2D eigenvalue weighted by Crippen LogP contribution is -2.28. The Morgan fingerprint density at radius 1 is 1.27 bits per heavy atom. The molecule has 0 aliphatic rings. The average molecular weight is 300 g/mol. The van der Waals surface area contributed by atoms with Crippen molar-refractivity contribution in [2.75, 3.05) is 11.9 Å². The summed E-state index contributed by atoms with van der Waals surface area (Å²) in [4.78, 5) is 15.7. The van der Waals surface area contributed by atoms with E-state index in [1.54, 1.807) is 18.4 Å². The van der Waals surface area contributed by atoms with Crippen LogP contribution in [0.4, 0.5) is 5.69 Å². The number of furan rings is 1. The molecule has 22 heavy (non-hydrogen) atoms. The molecule has 2 rings (SSSR count). The third-order valence-electron chi connectivity index (χ3n) is 2.93. The van der Waals surface area contributed by atoms with E-state index in [0.29, 0.717) is 12.3 Å². The molecule has 0 spiro atoms. The average Bonchev–Trinajstić information content (AvgIpc) is 2.95. The van der Waals surface area contributed by atoms with Crippen molar-refractivity contribution in [3.05, 3.63) is 53.5 Å². The number of guanidine groups is 1. The maximum absolute atomic E-state index is 11.7. The molecule has 0 bridgehead atoms. The van der Waals surface area contributed by atoms with Crippen LogP contribution in [0.1, 0.15) is 16.9 Å². The van der Waals surface area contributed by atoms with Gasteiger partial charge in [0.2, 0.25) is 5.91 Å². The Labute approximate surface area is 129 Å². The van der Waals surface area contributed by atoms with Crippen LogP contribution in [0.5, 0.6) is 0 Å². The van der Waals surface area contributed by atoms with Crippen LogP contribution in [0.15, 0.2) is 46.0 Å². The highest BCUT2D eigenvalue weighted by Crippen LogP contribution is 2.13. The Balaban J connectivity index is 1.82. The summed E-state index contributed by atoms with van der Waals surface area (Å²) < 4.78 is 5.12. The number of anilines is 1. The Morgan fingerprint density at radius 3 is 2.64 bits per heavy atom. The fraction of sp³-hybridized carbons (Fsp3) is 0.250. The highest BCUT2D eigenvalue weighted by molar-refractivity contribution is 5.94. The van der Waals surface area contributed by atoms with Crippen molar-refractivity contribution in [3.8, 4) is 0 Å². The number of carbonyl (C=O) groups excluding carboxylic acids is 1. The number of rotatable bonds is 5. The number of amides is 1. The second-order valence-electron chi connectivity index (χ2n) is 5.06. The van der Waals surface area contributed by atoms with E-state index in [4.69, 9.17) is 10.2 Å². The van der Waals surface area contributed by atoms with Gasteiger partial charge in [-0.15, -0.1) is 0 Å². The summed E-state index contributed by atoms with van der Waals surface area (Å²) >= 11 is 0. The third-order valence-corrected chi connectivity index (χ3v) is 2.93. The van der Waals surface area contributed by atoms with Crippen molar-refractivity contribution in [1.82, 2.24) is 5.32 Å². The molecule has 1 aromatic carbocycles. The SMILES string of the molecule is Cc1cc(C)cc(NC(N)=NCC(=O)NCc2ccco2)c1. The van der Waals surface area contributed by atoms with Gasteiger partial charge in [0.05, 0.1) is 12.8 Å². The van der Waals surface area contributed by atoms with E-state index < -0.39 is 0 Å². The first-order chi connectivity index (χ1) is 10.5. The number of nitrogens with one attached hydrogen (secondary N) is 2. The zero-order chi connectivity index (χ0) is 15.9. The second-order valence-corrected chi connectivity index (χ2v) is 5.06. The van der Waals surface area contributed by atoms with Crippen molar-refractivity contribution >= 4 is 17.6 Å². The molecule has 0 atom stereocenters. The van der Waals surface area contributed by atoms with Crippen LogP contribution in [0.2, 0.25) is 0 Å². The fourth-order valence-electron chi connectivity index (χ4n) is 2.05. The first-order valence-corrected chi connectivity index (χ1v) is 6.97. The number of hydrogen-bond donors (Lipinski definition) is 3. The second kappa shape index (κ2) is 7.31. The molecule has 0 saturated carbocycles. The zero-order valence-electron chi connectivity index (χ0n) is 12.7. The van der Waals surface area contributed by atoms with E-state index in [1.165, 1.54) is 0 Å². The summed E-state index contributed by atoms with van der Waals surface area (Å²) in [5.41, 5.74) is 8.90. The van der Waals surface area contributed by atoms with Crippen LogP contribution in [0, 0.1) is 13.8 Å². The monoisotopic (exact) mass is 300 g/mol. The van der Waals surface area contributed by atoms with Crippen LogP contribution in [-0.2, 0) is 11.3 Å². The van der Waals surface area contributed by atoms with E-state index in [0.717, 1.165) is 16.8 Å². The highest BCUT2D eigenvalue weighted by atomic mass is 16.3. The summed E-state index contributed by atoms with van der Waals surface area (Å²) in [6, 6.07) is 9.56. The number of hydrogen-bond acceptors (Lipinski definition) is 3. The van der Waals surface area contributed by atoms with Crippen LogP contribution < -0.4 is 16.4 Å². The van der Waals surface area contributed by atoms with Crippen molar-refractivity contribution in [2.45, 2.75) is 20.4 Å². The van der Waals surface area contributed by atoms with E-state index in [1.807, 2.05) is 26.0 Å². The molecule has 6 nitrogen and oxygen atoms in total. The molecular formula is C16H20N4O2. The molecule has 0 aliphatic carbocycles. The Morgan fingerprint density at radius 2 is 2.00 bits per heavy atom. The first-order valence-electron chi connectivity index (χ1n) is 6.97. The van der Waals surface area contributed by atoms with Crippen molar-refractivity contribution < 1.29 is 9.21 Å². The Hall–Kier alpha value is -2.76. The maximum Gasteiger partial charge on any atom is 0.242 e. The minimum atomic E-state index is -0.221. The molecular weight excluding hydrogens is 280 g/mol. The lowest BCUT2D eigenvalue weighted by molar-refractivity contribution is -0.119. The third kappa shape index (κ3) is 4.97. The maximum atomic E-state index is 11.7. The van der Waals surface area contributed by atoms with Gasteiger partial charge in [0.25, 0.3) is 0 Å². The Bertz CT molecular complexity index is 643. The van der Waals surface area contributed by atoms with E-state index >= 15 is 0 Å². The molecule has 0 fully saturated rings. The summed E-state index contributed by atoms with van der Waals surface area (Å²) in [5.74, 6) is 0.679. The topological polar surface area (TPSA) is 92.6 Å².